The summed E-state index contributed by atoms with van der Waals surface area (Å²) in [5.41, 5.74) is 0.884. The van der Waals surface area contributed by atoms with Gasteiger partial charge in [0.1, 0.15) is 37.1 Å². The van der Waals surface area contributed by atoms with Crippen molar-refractivity contribution in [2.45, 2.75) is 155 Å². The maximum absolute atomic E-state index is 12.9. The van der Waals surface area contributed by atoms with E-state index in [2.05, 4.69) is 87.4 Å². The van der Waals surface area contributed by atoms with Crippen molar-refractivity contribution in [1.29, 1.82) is 0 Å². The summed E-state index contributed by atoms with van der Waals surface area (Å²) in [4.78, 5) is 27.2. The fourth-order valence-electron chi connectivity index (χ4n) is 9.31. The van der Waals surface area contributed by atoms with Gasteiger partial charge in [0.25, 0.3) is 0 Å². The molecule has 0 saturated carbocycles. The molecule has 0 radical (unpaired) electrons. The molecule has 4 atom stereocenters. The first-order chi connectivity index (χ1) is 33.7. The van der Waals surface area contributed by atoms with Crippen LogP contribution < -0.4 is 14.2 Å². The van der Waals surface area contributed by atoms with Crippen LogP contribution in [0.1, 0.15) is 132 Å². The predicted molar refractivity (Wildman–Crippen MR) is 277 cm³/mol. The van der Waals surface area contributed by atoms with Gasteiger partial charge >= 0.3 is 0 Å². The lowest BCUT2D eigenvalue weighted by Gasteiger charge is -2.30. The van der Waals surface area contributed by atoms with Gasteiger partial charge in [0.15, 0.2) is 0 Å². The van der Waals surface area contributed by atoms with Crippen molar-refractivity contribution in [3.63, 3.8) is 0 Å². The van der Waals surface area contributed by atoms with Gasteiger partial charge in [-0.1, -0.05) is 82.3 Å². The summed E-state index contributed by atoms with van der Waals surface area (Å²) in [6, 6.07) is 18.4. The molecule has 3 heterocycles. The smallest absolute Gasteiger partial charge is 0.236 e. The van der Waals surface area contributed by atoms with Crippen LogP contribution in [0.15, 0.2) is 66.7 Å². The van der Waals surface area contributed by atoms with E-state index in [-0.39, 0.29) is 48.4 Å². The van der Waals surface area contributed by atoms with E-state index >= 15 is 0 Å². The highest BCUT2D eigenvalue weighted by Crippen LogP contribution is 2.45. The van der Waals surface area contributed by atoms with E-state index in [4.69, 9.17) is 47.4 Å². The molecule has 0 N–H and O–H groups in total. The minimum absolute atomic E-state index is 0.150. The van der Waals surface area contributed by atoms with E-state index in [9.17, 15) is 9.59 Å². The third kappa shape index (κ3) is 16.0. The van der Waals surface area contributed by atoms with Crippen LogP contribution in [0.5, 0.6) is 17.2 Å². The maximum Gasteiger partial charge on any atom is 0.236 e. The Morgan fingerprint density at radius 1 is 0.479 bits per heavy atom. The molecule has 4 unspecified atom stereocenters. The van der Waals surface area contributed by atoms with Gasteiger partial charge in [-0.05, 0) is 116 Å². The average Bonchev–Trinajstić information content (AvgIpc) is 4.00. The Balaban J connectivity index is 0.805. The van der Waals surface area contributed by atoms with Gasteiger partial charge in [-0.25, -0.2) is 0 Å². The molecule has 2 saturated heterocycles. The van der Waals surface area contributed by atoms with E-state index in [1.165, 1.54) is 16.0 Å². The molecule has 0 aliphatic carbocycles. The van der Waals surface area contributed by atoms with Crippen molar-refractivity contribution in [2.24, 2.45) is 11.8 Å². The van der Waals surface area contributed by atoms with Crippen molar-refractivity contribution in [1.82, 2.24) is 4.90 Å². The number of para-hydroxylation sites is 1. The van der Waals surface area contributed by atoms with Crippen molar-refractivity contribution in [2.75, 3.05) is 79.2 Å². The molecule has 3 aliphatic heterocycles. The van der Waals surface area contributed by atoms with Crippen LogP contribution in [0.2, 0.25) is 0 Å². The lowest BCUT2D eigenvalue weighted by molar-refractivity contribution is -0.144. The number of imide groups is 1. The van der Waals surface area contributed by atoms with E-state index in [1.54, 1.807) is 0 Å². The number of fused-ring (bicyclic) bond motifs is 6. The number of amides is 2. The van der Waals surface area contributed by atoms with Crippen LogP contribution in [0.3, 0.4) is 0 Å². The Bertz CT molecular complexity index is 2160. The molecule has 3 aliphatic rings. The topological polar surface area (TPSA) is 130 Å². The lowest BCUT2D eigenvalue weighted by atomic mass is 9.85. The first kappa shape index (κ1) is 56.2. The molecule has 0 aromatic heterocycles. The van der Waals surface area contributed by atoms with Gasteiger partial charge in [-0.2, -0.15) is 0 Å². The number of nitrogens with zero attached hydrogens (tertiary/aromatic N) is 1. The van der Waals surface area contributed by atoms with E-state index in [1.807, 2.05) is 62.4 Å². The van der Waals surface area contributed by atoms with E-state index in [0.29, 0.717) is 90.7 Å². The summed E-state index contributed by atoms with van der Waals surface area (Å²) in [5.74, 6) is 2.26. The molecule has 2 bridgehead atoms. The number of likely N-dealkylation sites (tertiary alicyclic amines) is 1. The van der Waals surface area contributed by atoms with E-state index in [0.717, 1.165) is 40.9 Å². The summed E-state index contributed by atoms with van der Waals surface area (Å²) in [6.45, 7) is 30.8. The van der Waals surface area contributed by atoms with Crippen molar-refractivity contribution >= 4 is 22.6 Å². The molecular formula is C58H85NO12. The Labute approximate surface area is 424 Å². The first-order valence-electron chi connectivity index (χ1n) is 26.1. The Morgan fingerprint density at radius 3 is 1.34 bits per heavy atom. The van der Waals surface area contributed by atoms with Crippen LogP contribution in [0, 0.1) is 11.8 Å². The minimum Gasteiger partial charge on any atom is -0.491 e. The zero-order valence-corrected chi connectivity index (χ0v) is 45.0. The summed E-state index contributed by atoms with van der Waals surface area (Å²) in [7, 11) is 0. The van der Waals surface area contributed by atoms with E-state index < -0.39 is 23.0 Å². The molecule has 2 amide bonds. The molecule has 13 heteroatoms. The third-order valence-electron chi connectivity index (χ3n) is 13.9. The zero-order chi connectivity index (χ0) is 51.4. The SMILES string of the molecule is CC(C)c1cccc(C(C)C)c1OCCOCCC(C)(C)OCCC(C)(C)OCCOc1cccc2c(OCCOCCC(C)(C)OCCC(C)(C)OCCN3C(=O)C4C5C=CC(O5)C4C3=O)cccc12. The highest BCUT2D eigenvalue weighted by atomic mass is 16.6. The van der Waals surface area contributed by atoms with Crippen molar-refractivity contribution in [3.8, 4) is 17.2 Å². The Kier molecular flexibility index (Phi) is 20.0. The summed E-state index contributed by atoms with van der Waals surface area (Å²) < 4.78 is 61.4. The van der Waals surface area contributed by atoms with Gasteiger partial charge in [0, 0.05) is 24.0 Å². The fraction of sp³-hybridized carbons (Fsp3) is 0.655. The molecule has 394 valence electrons. The molecule has 2 fully saturated rings. The van der Waals surface area contributed by atoms with Gasteiger partial charge < -0.3 is 47.4 Å². The normalized spacial score (nSPS) is 19.3. The standard InChI is InChI=1S/C58H85NO12/c1-40(2)42-16-13-17-43(41(3)4)52(42)66-37-35-63-30-25-56(7,8)68-32-27-58(11,12)70-39-38-65-47-21-15-18-44-45(47)19-14-20-46(44)64-36-34-62-29-24-55(5,6)67-31-26-57(9,10)69-33-28-59-53(60)50-48-22-23-49(71-48)51(50)54(59)61/h13-23,40-41,48-51H,24-39H2,1-12H3. The molecular weight excluding hydrogens is 903 g/mol. The monoisotopic (exact) mass is 988 g/mol. The number of rotatable bonds is 33. The van der Waals surface area contributed by atoms with Crippen LogP contribution in [0.4, 0.5) is 0 Å². The van der Waals surface area contributed by atoms with Crippen LogP contribution >= 0.6 is 0 Å². The van der Waals surface area contributed by atoms with Crippen molar-refractivity contribution < 1.29 is 57.0 Å². The average molecular weight is 988 g/mol. The van der Waals surface area contributed by atoms with Crippen LogP contribution in [-0.4, -0.2) is 131 Å². The summed E-state index contributed by atoms with van der Waals surface area (Å²) in [5, 5.41) is 1.94. The van der Waals surface area contributed by atoms with Crippen molar-refractivity contribution in [3.05, 3.63) is 77.9 Å². The quantitative estimate of drug-likeness (QED) is 0.0327. The number of ether oxygens (including phenoxy) is 10. The fourth-order valence-corrected chi connectivity index (χ4v) is 9.31. The predicted octanol–water partition coefficient (Wildman–Crippen LogP) is 10.6. The molecule has 3 aromatic rings. The molecule has 3 aromatic carbocycles. The largest absolute Gasteiger partial charge is 0.491 e. The van der Waals surface area contributed by atoms with Crippen LogP contribution in [0.25, 0.3) is 10.8 Å². The highest BCUT2D eigenvalue weighted by Gasteiger charge is 2.60. The number of carbonyl (C=O) groups excluding carboxylic acids is 2. The maximum atomic E-state index is 12.9. The first-order valence-corrected chi connectivity index (χ1v) is 26.1. The summed E-state index contributed by atoms with van der Waals surface area (Å²) >= 11 is 0. The van der Waals surface area contributed by atoms with Gasteiger partial charge in [-0.15, -0.1) is 0 Å². The molecule has 6 rings (SSSR count). The lowest BCUT2D eigenvalue weighted by Crippen LogP contribution is -2.39. The zero-order valence-electron chi connectivity index (χ0n) is 45.0. The van der Waals surface area contributed by atoms with Crippen LogP contribution in [-0.2, 0) is 42.7 Å². The highest BCUT2D eigenvalue weighted by molar-refractivity contribution is 6.06. The second-order valence-electron chi connectivity index (χ2n) is 22.2. The number of benzene rings is 3. The third-order valence-corrected chi connectivity index (χ3v) is 13.9. The van der Waals surface area contributed by atoms with Gasteiger partial charge in [0.2, 0.25) is 11.8 Å². The molecule has 71 heavy (non-hydrogen) atoms. The number of carbonyl (C=O) groups is 2. The second-order valence-corrected chi connectivity index (χ2v) is 22.2. The van der Waals surface area contributed by atoms with Gasteiger partial charge in [-0.3, -0.25) is 14.5 Å². The number of hydrogen-bond donors (Lipinski definition) is 0. The Morgan fingerprint density at radius 2 is 0.873 bits per heavy atom. The second kappa shape index (κ2) is 25.2. The molecule has 0 spiro atoms. The van der Waals surface area contributed by atoms with Gasteiger partial charge in [0.05, 0.1) is 92.6 Å². The Hall–Kier alpha value is -4.08. The number of hydrogen-bond acceptors (Lipinski definition) is 12. The summed E-state index contributed by atoms with van der Waals surface area (Å²) in [6.07, 6.45) is 6.12. The molecule has 13 nitrogen and oxygen atoms in total. The minimum atomic E-state index is -0.487.